The van der Waals surface area contributed by atoms with Crippen LogP contribution in [0, 0.1) is 6.92 Å². The van der Waals surface area contributed by atoms with Crippen molar-refractivity contribution in [3.05, 3.63) is 17.0 Å². The Morgan fingerprint density at radius 1 is 1.20 bits per heavy atom. The number of likely N-dealkylation sites (tertiary alicyclic amines) is 1. The Labute approximate surface area is 145 Å². The third-order valence-electron chi connectivity index (χ3n) is 5.28. The predicted octanol–water partition coefficient (Wildman–Crippen LogP) is 3.15. The van der Waals surface area contributed by atoms with Crippen molar-refractivity contribution in [1.29, 1.82) is 0 Å². The Morgan fingerprint density at radius 2 is 1.88 bits per heavy atom. The molecule has 2 aliphatic rings. The van der Waals surface area contributed by atoms with Gasteiger partial charge in [-0.05, 0) is 46.2 Å². The van der Waals surface area contributed by atoms with E-state index in [1.165, 1.54) is 4.68 Å². The first kappa shape index (κ1) is 18.2. The molecule has 1 saturated carbocycles. The van der Waals surface area contributed by atoms with Gasteiger partial charge in [0.05, 0.1) is 11.6 Å². The van der Waals surface area contributed by atoms with Crippen molar-refractivity contribution in [2.45, 2.75) is 63.7 Å². The largest absolute Gasteiger partial charge is 0.435 e. The van der Waals surface area contributed by atoms with Gasteiger partial charge < -0.3 is 10.2 Å². The number of carbonyl (C=O) groups is 1. The van der Waals surface area contributed by atoms with Gasteiger partial charge in [0.1, 0.15) is 0 Å². The highest BCUT2D eigenvalue weighted by molar-refractivity contribution is 5.96. The fraction of sp³-hybridized carbons (Fsp3) is 0.765. The van der Waals surface area contributed by atoms with Crippen molar-refractivity contribution >= 4 is 5.91 Å². The molecule has 140 valence electrons. The number of amides is 1. The number of rotatable bonds is 3. The van der Waals surface area contributed by atoms with Gasteiger partial charge in [-0.25, -0.2) is 0 Å². The molecule has 0 aromatic carbocycles. The summed E-state index contributed by atoms with van der Waals surface area (Å²) in [6, 6.07) is -0.162. The molecule has 1 atom stereocenters. The highest BCUT2D eigenvalue weighted by Gasteiger charge is 2.42. The average Bonchev–Trinajstić information content (AvgIpc) is 3.14. The van der Waals surface area contributed by atoms with Gasteiger partial charge in [-0.3, -0.25) is 9.48 Å². The van der Waals surface area contributed by atoms with E-state index in [0.29, 0.717) is 12.2 Å². The summed E-state index contributed by atoms with van der Waals surface area (Å²) in [5, 5.41) is 6.61. The molecule has 1 aromatic rings. The van der Waals surface area contributed by atoms with Crippen LogP contribution >= 0.6 is 0 Å². The van der Waals surface area contributed by atoms with Crippen LogP contribution < -0.4 is 5.32 Å². The molecule has 1 N–H and O–H groups in total. The summed E-state index contributed by atoms with van der Waals surface area (Å²) in [7, 11) is 1.95. The molecule has 0 radical (unpaired) electrons. The Hall–Kier alpha value is -1.57. The number of nitrogens with zero attached hydrogens (tertiary/aromatic N) is 3. The van der Waals surface area contributed by atoms with Crippen LogP contribution in [0.5, 0.6) is 0 Å². The van der Waals surface area contributed by atoms with E-state index in [0.717, 1.165) is 45.1 Å². The van der Waals surface area contributed by atoms with E-state index in [2.05, 4.69) is 15.3 Å². The summed E-state index contributed by atoms with van der Waals surface area (Å²) < 4.78 is 41.9. The van der Waals surface area contributed by atoms with Crippen LogP contribution in [0.4, 0.5) is 13.2 Å². The minimum atomic E-state index is -4.64. The van der Waals surface area contributed by atoms with Crippen LogP contribution in [0.1, 0.15) is 66.3 Å². The molecule has 25 heavy (non-hydrogen) atoms. The maximum atomic E-state index is 13.5. The molecular weight excluding hydrogens is 333 g/mol. The summed E-state index contributed by atoms with van der Waals surface area (Å²) in [5.41, 5.74) is -1.07. The second-order valence-electron chi connectivity index (χ2n) is 7.26. The van der Waals surface area contributed by atoms with E-state index < -0.39 is 17.8 Å². The zero-order valence-corrected chi connectivity index (χ0v) is 14.7. The van der Waals surface area contributed by atoms with E-state index in [4.69, 9.17) is 0 Å². The van der Waals surface area contributed by atoms with Gasteiger partial charge in [0, 0.05) is 18.3 Å². The third kappa shape index (κ3) is 3.83. The second-order valence-corrected chi connectivity index (χ2v) is 7.26. The molecule has 0 spiro atoms. The fourth-order valence-electron chi connectivity index (χ4n) is 4.01. The summed E-state index contributed by atoms with van der Waals surface area (Å²) in [4.78, 5) is 14.7. The Balaban J connectivity index is 1.93. The molecule has 1 aromatic heterocycles. The molecule has 2 fully saturated rings. The SMILES string of the molecule is Cc1c(C(=O)NC2CCCC2)c(C(F)(F)F)nn1C1CCCN(C)C1. The van der Waals surface area contributed by atoms with Gasteiger partial charge in [-0.2, -0.15) is 18.3 Å². The number of piperidine rings is 1. The van der Waals surface area contributed by atoms with Crippen molar-refractivity contribution in [3.8, 4) is 0 Å². The number of halogens is 3. The summed E-state index contributed by atoms with van der Waals surface area (Å²) in [6.07, 6.45) is 0.701. The minimum Gasteiger partial charge on any atom is -0.349 e. The third-order valence-corrected chi connectivity index (χ3v) is 5.28. The number of carbonyl (C=O) groups excluding carboxylic acids is 1. The van der Waals surface area contributed by atoms with Crippen LogP contribution in [0.2, 0.25) is 0 Å². The van der Waals surface area contributed by atoms with Crippen LogP contribution in [-0.4, -0.2) is 46.8 Å². The Bertz CT molecular complexity index is 635. The first-order valence-electron chi connectivity index (χ1n) is 8.93. The van der Waals surface area contributed by atoms with Crippen LogP contribution in [-0.2, 0) is 6.18 Å². The van der Waals surface area contributed by atoms with Gasteiger partial charge in [0.2, 0.25) is 0 Å². The molecule has 2 heterocycles. The minimum absolute atomic E-state index is 0.0304. The Kier molecular flexibility index (Phi) is 5.09. The summed E-state index contributed by atoms with van der Waals surface area (Å²) in [5.74, 6) is -0.646. The van der Waals surface area contributed by atoms with E-state index >= 15 is 0 Å². The molecule has 1 saturated heterocycles. The average molecular weight is 358 g/mol. The van der Waals surface area contributed by atoms with E-state index in [1.807, 2.05) is 7.05 Å². The first-order chi connectivity index (χ1) is 11.8. The zero-order chi connectivity index (χ0) is 18.2. The lowest BCUT2D eigenvalue weighted by Crippen LogP contribution is -2.35. The highest BCUT2D eigenvalue weighted by atomic mass is 19.4. The molecule has 8 heteroatoms. The molecule has 1 unspecified atom stereocenters. The van der Waals surface area contributed by atoms with Gasteiger partial charge in [-0.1, -0.05) is 12.8 Å². The molecule has 5 nitrogen and oxygen atoms in total. The number of aromatic nitrogens is 2. The van der Waals surface area contributed by atoms with Gasteiger partial charge >= 0.3 is 6.18 Å². The standard InChI is InChI=1S/C17H25F3N4O/c1-11-14(16(25)21-12-6-3-4-7-12)15(17(18,19)20)22-24(11)13-8-5-9-23(2)10-13/h12-13H,3-10H2,1-2H3,(H,21,25). The first-order valence-corrected chi connectivity index (χ1v) is 8.93. The van der Waals surface area contributed by atoms with Crippen molar-refractivity contribution in [1.82, 2.24) is 20.0 Å². The van der Waals surface area contributed by atoms with Crippen molar-refractivity contribution in [2.75, 3.05) is 20.1 Å². The van der Waals surface area contributed by atoms with Crippen LogP contribution in [0.3, 0.4) is 0 Å². The zero-order valence-electron chi connectivity index (χ0n) is 14.7. The second kappa shape index (κ2) is 6.97. The fourth-order valence-corrected chi connectivity index (χ4v) is 4.01. The molecule has 3 rings (SSSR count). The maximum Gasteiger partial charge on any atom is 0.435 e. The molecule has 1 aliphatic heterocycles. The number of likely N-dealkylation sites (N-methyl/N-ethyl adjacent to an activating group) is 1. The summed E-state index contributed by atoms with van der Waals surface area (Å²) >= 11 is 0. The highest BCUT2D eigenvalue weighted by Crippen LogP contribution is 2.35. The van der Waals surface area contributed by atoms with Crippen molar-refractivity contribution < 1.29 is 18.0 Å². The maximum absolute atomic E-state index is 13.5. The van der Waals surface area contributed by atoms with Crippen molar-refractivity contribution in [2.24, 2.45) is 0 Å². The number of hydrogen-bond acceptors (Lipinski definition) is 3. The topological polar surface area (TPSA) is 50.2 Å². The molecule has 1 amide bonds. The van der Waals surface area contributed by atoms with E-state index in [1.54, 1.807) is 6.92 Å². The lowest BCUT2D eigenvalue weighted by molar-refractivity contribution is -0.142. The van der Waals surface area contributed by atoms with Crippen LogP contribution in [0.15, 0.2) is 0 Å². The molecule has 1 aliphatic carbocycles. The van der Waals surface area contributed by atoms with E-state index in [-0.39, 0.29) is 17.6 Å². The van der Waals surface area contributed by atoms with Gasteiger partial charge in [0.15, 0.2) is 5.69 Å². The number of nitrogens with one attached hydrogen (secondary N) is 1. The lowest BCUT2D eigenvalue weighted by atomic mass is 10.1. The molecule has 0 bridgehead atoms. The quantitative estimate of drug-likeness (QED) is 0.903. The van der Waals surface area contributed by atoms with Crippen molar-refractivity contribution in [3.63, 3.8) is 0 Å². The van der Waals surface area contributed by atoms with E-state index in [9.17, 15) is 18.0 Å². The normalized spacial score (nSPS) is 23.2. The van der Waals surface area contributed by atoms with Crippen LogP contribution in [0.25, 0.3) is 0 Å². The number of alkyl halides is 3. The lowest BCUT2D eigenvalue weighted by Gasteiger charge is -2.30. The smallest absolute Gasteiger partial charge is 0.349 e. The predicted molar refractivity (Wildman–Crippen MR) is 87.5 cm³/mol. The molecular formula is C17H25F3N4O. The monoisotopic (exact) mass is 358 g/mol. The number of hydrogen-bond donors (Lipinski definition) is 1. The van der Waals surface area contributed by atoms with Gasteiger partial charge in [-0.15, -0.1) is 0 Å². The van der Waals surface area contributed by atoms with Gasteiger partial charge in [0.25, 0.3) is 5.91 Å². The summed E-state index contributed by atoms with van der Waals surface area (Å²) in [6.45, 7) is 3.14. The Morgan fingerprint density at radius 3 is 2.48 bits per heavy atom.